The Bertz CT molecular complexity index is 1330. The highest BCUT2D eigenvalue weighted by molar-refractivity contribution is 7.92. The van der Waals surface area contributed by atoms with Crippen LogP contribution in [-0.2, 0) is 22.6 Å². The van der Waals surface area contributed by atoms with Crippen LogP contribution in [0.5, 0.6) is 0 Å². The molecule has 33 heavy (non-hydrogen) atoms. The maximum Gasteiger partial charge on any atom is 0.416 e. The molecule has 0 saturated carbocycles. The molecule has 1 heterocycles. The number of carbonyl (C=O) groups is 1. The predicted octanol–water partition coefficient (Wildman–Crippen LogP) is 5.75. The largest absolute Gasteiger partial charge is 0.416 e. The topological polar surface area (TPSA) is 66.5 Å². The first-order chi connectivity index (χ1) is 15.6. The third-order valence-electron chi connectivity index (χ3n) is 5.26. The minimum absolute atomic E-state index is 0.0882. The number of carbonyl (C=O) groups excluding carboxylic acids is 1. The van der Waals surface area contributed by atoms with Gasteiger partial charge < -0.3 is 5.32 Å². The van der Waals surface area contributed by atoms with Crippen LogP contribution in [0.15, 0.2) is 71.6 Å². The smallest absolute Gasteiger partial charge is 0.322 e. The molecule has 3 aromatic carbocycles. The Hall–Kier alpha value is -3.04. The van der Waals surface area contributed by atoms with E-state index >= 15 is 0 Å². The normalized spacial score (nSPS) is 14.0. The molecule has 1 amide bonds. The number of fused-ring (bicyclic) bond motifs is 1. The average Bonchev–Trinajstić information content (AvgIpc) is 2.77. The molecule has 5 nitrogen and oxygen atoms in total. The fourth-order valence-corrected chi connectivity index (χ4v) is 5.43. The minimum atomic E-state index is -4.67. The Balaban J connectivity index is 1.69. The zero-order chi connectivity index (χ0) is 23.8. The van der Waals surface area contributed by atoms with Gasteiger partial charge in [-0.3, -0.25) is 9.10 Å². The van der Waals surface area contributed by atoms with E-state index in [2.05, 4.69) is 5.32 Å². The van der Waals surface area contributed by atoms with Crippen molar-refractivity contribution in [3.05, 3.63) is 88.4 Å². The third kappa shape index (κ3) is 4.84. The van der Waals surface area contributed by atoms with Crippen LogP contribution in [0.25, 0.3) is 0 Å². The number of benzene rings is 3. The van der Waals surface area contributed by atoms with Gasteiger partial charge in [-0.25, -0.2) is 8.42 Å². The van der Waals surface area contributed by atoms with Crippen molar-refractivity contribution < 1.29 is 26.4 Å². The molecule has 0 atom stereocenters. The van der Waals surface area contributed by atoms with Gasteiger partial charge in [0, 0.05) is 22.8 Å². The summed E-state index contributed by atoms with van der Waals surface area (Å²) in [6.45, 7) is 0.0882. The quantitative estimate of drug-likeness (QED) is 0.502. The minimum Gasteiger partial charge on any atom is -0.322 e. The van der Waals surface area contributed by atoms with Crippen molar-refractivity contribution in [1.29, 1.82) is 0 Å². The van der Waals surface area contributed by atoms with Gasteiger partial charge >= 0.3 is 6.18 Å². The molecular formula is C23H18ClF3N2O3S. The highest BCUT2D eigenvalue weighted by Crippen LogP contribution is 2.35. The molecule has 0 spiro atoms. The van der Waals surface area contributed by atoms with Gasteiger partial charge in [0.15, 0.2) is 0 Å². The van der Waals surface area contributed by atoms with Crippen molar-refractivity contribution in [2.45, 2.75) is 23.9 Å². The molecule has 172 valence electrons. The lowest BCUT2D eigenvalue weighted by Crippen LogP contribution is -2.36. The number of alkyl halides is 3. The van der Waals surface area contributed by atoms with Crippen molar-refractivity contribution in [2.24, 2.45) is 0 Å². The summed E-state index contributed by atoms with van der Waals surface area (Å²) in [5, 5.41) is 3.14. The molecule has 0 fully saturated rings. The lowest BCUT2D eigenvalue weighted by molar-refractivity contribution is -0.137. The standard InChI is InChI=1S/C23H18ClF3N2O3S/c24-18-6-2-7-19(14-18)28-22(30)16-10-9-15-4-3-11-29(21(15)12-16)33(31,32)20-8-1-5-17(13-20)23(25,26)27/h1-2,5-10,12-14H,3-4,11H2,(H,28,30). The van der Waals surface area contributed by atoms with Gasteiger partial charge in [-0.15, -0.1) is 0 Å². The number of anilines is 2. The van der Waals surface area contributed by atoms with E-state index in [1.807, 2.05) is 0 Å². The van der Waals surface area contributed by atoms with Crippen LogP contribution in [0.2, 0.25) is 5.02 Å². The first kappa shape index (κ1) is 23.1. The first-order valence-electron chi connectivity index (χ1n) is 9.95. The number of sulfonamides is 1. The summed E-state index contributed by atoms with van der Waals surface area (Å²) in [4.78, 5) is 12.3. The van der Waals surface area contributed by atoms with Gasteiger partial charge in [0.05, 0.1) is 16.1 Å². The average molecular weight is 495 g/mol. The SMILES string of the molecule is O=C(Nc1cccc(Cl)c1)c1ccc2c(c1)N(S(=O)(=O)c1cccc(C(F)(F)F)c1)CCC2. The summed E-state index contributed by atoms with van der Waals surface area (Å²) in [5.41, 5.74) is 0.600. The maximum atomic E-state index is 13.3. The summed E-state index contributed by atoms with van der Waals surface area (Å²) in [7, 11) is -4.28. The van der Waals surface area contributed by atoms with E-state index in [9.17, 15) is 26.4 Å². The van der Waals surface area contributed by atoms with E-state index in [0.717, 1.165) is 22.5 Å². The monoisotopic (exact) mass is 494 g/mol. The number of hydrogen-bond donors (Lipinski definition) is 1. The van der Waals surface area contributed by atoms with Crippen molar-refractivity contribution >= 4 is 38.9 Å². The van der Waals surface area contributed by atoms with Gasteiger partial charge in [0.1, 0.15) is 0 Å². The molecule has 1 aliphatic rings. The molecule has 1 N–H and O–H groups in total. The van der Waals surface area contributed by atoms with Crippen LogP contribution >= 0.6 is 11.6 Å². The summed E-state index contributed by atoms with van der Waals surface area (Å²) in [6, 6.07) is 14.9. The van der Waals surface area contributed by atoms with Crippen LogP contribution in [0, 0.1) is 0 Å². The van der Waals surface area contributed by atoms with Gasteiger partial charge in [-0.05, 0) is 66.9 Å². The van der Waals surface area contributed by atoms with E-state index < -0.39 is 32.6 Å². The van der Waals surface area contributed by atoms with Crippen molar-refractivity contribution in [1.82, 2.24) is 0 Å². The maximum absolute atomic E-state index is 13.3. The van der Waals surface area contributed by atoms with Crippen molar-refractivity contribution in [3.63, 3.8) is 0 Å². The second-order valence-corrected chi connectivity index (χ2v) is 9.81. The Kier molecular flexibility index (Phi) is 6.11. The number of aryl methyl sites for hydroxylation is 1. The van der Waals surface area contributed by atoms with Crippen LogP contribution in [0.1, 0.15) is 27.9 Å². The summed E-state index contributed by atoms with van der Waals surface area (Å²) >= 11 is 5.94. The van der Waals surface area contributed by atoms with E-state index in [-0.39, 0.29) is 17.8 Å². The van der Waals surface area contributed by atoms with Crippen molar-refractivity contribution in [3.8, 4) is 0 Å². The Morgan fingerprint density at radius 3 is 2.48 bits per heavy atom. The summed E-state index contributed by atoms with van der Waals surface area (Å²) in [5.74, 6) is -0.470. The number of nitrogens with zero attached hydrogens (tertiary/aromatic N) is 1. The van der Waals surface area contributed by atoms with E-state index in [1.165, 1.54) is 6.07 Å². The summed E-state index contributed by atoms with van der Waals surface area (Å²) < 4.78 is 67.0. The lowest BCUT2D eigenvalue weighted by Gasteiger charge is -2.31. The molecule has 1 aliphatic heterocycles. The van der Waals surface area contributed by atoms with Crippen LogP contribution in [0.3, 0.4) is 0 Å². The van der Waals surface area contributed by atoms with Crippen LogP contribution < -0.4 is 9.62 Å². The number of nitrogens with one attached hydrogen (secondary N) is 1. The zero-order valence-corrected chi connectivity index (χ0v) is 18.6. The second-order valence-electron chi connectivity index (χ2n) is 7.51. The second kappa shape index (κ2) is 8.72. The van der Waals surface area contributed by atoms with Crippen molar-refractivity contribution in [2.75, 3.05) is 16.2 Å². The van der Waals surface area contributed by atoms with Gasteiger partial charge in [0.25, 0.3) is 15.9 Å². The number of hydrogen-bond acceptors (Lipinski definition) is 3. The molecule has 0 saturated heterocycles. The third-order valence-corrected chi connectivity index (χ3v) is 7.30. The highest BCUT2D eigenvalue weighted by atomic mass is 35.5. The predicted molar refractivity (Wildman–Crippen MR) is 120 cm³/mol. The Morgan fingerprint density at radius 1 is 1.00 bits per heavy atom. The molecular weight excluding hydrogens is 477 g/mol. The molecule has 0 bridgehead atoms. The Morgan fingerprint density at radius 2 is 1.76 bits per heavy atom. The zero-order valence-electron chi connectivity index (χ0n) is 17.1. The number of rotatable bonds is 4. The fraction of sp³-hybridized carbons (Fsp3) is 0.174. The van der Waals surface area contributed by atoms with Crippen LogP contribution in [0.4, 0.5) is 24.5 Å². The fourth-order valence-electron chi connectivity index (χ4n) is 3.66. The lowest BCUT2D eigenvalue weighted by atomic mass is 10.0. The molecule has 4 rings (SSSR count). The van der Waals surface area contributed by atoms with E-state index in [1.54, 1.807) is 36.4 Å². The number of halogens is 4. The van der Waals surface area contributed by atoms with E-state index in [4.69, 9.17) is 11.6 Å². The number of amides is 1. The Labute approximate surface area is 193 Å². The van der Waals surface area contributed by atoms with Gasteiger partial charge in [0.2, 0.25) is 0 Å². The van der Waals surface area contributed by atoms with Gasteiger partial charge in [-0.2, -0.15) is 13.2 Å². The molecule has 0 aromatic heterocycles. The first-order valence-corrected chi connectivity index (χ1v) is 11.8. The molecule has 0 radical (unpaired) electrons. The summed E-state index contributed by atoms with van der Waals surface area (Å²) in [6.07, 6.45) is -3.59. The molecule has 0 aliphatic carbocycles. The van der Waals surface area contributed by atoms with Crippen LogP contribution in [-0.4, -0.2) is 20.9 Å². The highest BCUT2D eigenvalue weighted by Gasteiger charge is 2.34. The molecule has 3 aromatic rings. The molecule has 0 unspecified atom stereocenters. The van der Waals surface area contributed by atoms with Gasteiger partial charge in [-0.1, -0.05) is 29.8 Å². The van der Waals surface area contributed by atoms with E-state index in [0.29, 0.717) is 35.2 Å². The molecule has 10 heteroatoms.